The number of anilines is 3. The van der Waals surface area contributed by atoms with Crippen LogP contribution in [0.3, 0.4) is 0 Å². The van der Waals surface area contributed by atoms with Gasteiger partial charge in [-0.1, -0.05) is 226 Å². The fraction of sp³-hybridized carbons (Fsp3) is 0.0571. The van der Waals surface area contributed by atoms with Crippen molar-refractivity contribution in [3.63, 3.8) is 0 Å². The van der Waals surface area contributed by atoms with E-state index in [4.69, 9.17) is 0 Å². The topological polar surface area (TPSA) is 3.24 Å². The molecule has 1 unspecified atom stereocenters. The maximum atomic E-state index is 2.47. The molecule has 1 spiro atoms. The molecule has 0 N–H and O–H groups in total. The maximum absolute atomic E-state index is 2.47. The second-order valence-electron chi connectivity index (χ2n) is 20.0. The number of hydrogen-bond donors (Lipinski definition) is 0. The monoisotopic (exact) mass is 903 g/mol. The molecule has 11 aromatic rings. The summed E-state index contributed by atoms with van der Waals surface area (Å²) in [5, 5.41) is 0. The molecule has 0 saturated carbocycles. The molecule has 0 fully saturated rings. The standard InChI is InChI=1S/C70H49N/c1-69(2)62-27-12-9-23-57(62)59-41-36-52(44-66(59)69)50-21-15-22-55(43-50)71(53-37-31-48(32-38-53)46-17-5-3-6-18-46)54-39-33-49(34-40-54)56-26-16-30-65-68(56)61-25-11-14-29-64(61)70(65)63-28-13-10-24-58(63)60-42-35-51(45-67(60)70)47-19-7-4-8-20-47/h3-45H,1-2H3. The fourth-order valence-corrected chi connectivity index (χ4v) is 12.6. The van der Waals surface area contributed by atoms with Gasteiger partial charge in [0.05, 0.1) is 5.41 Å². The van der Waals surface area contributed by atoms with Crippen LogP contribution in [0.25, 0.3) is 77.9 Å². The number of fused-ring (bicyclic) bond motifs is 13. The first-order valence-electron chi connectivity index (χ1n) is 24.9. The molecular weight excluding hydrogens is 855 g/mol. The predicted octanol–water partition coefficient (Wildman–Crippen LogP) is 18.5. The third kappa shape index (κ3) is 6.19. The van der Waals surface area contributed by atoms with Crippen molar-refractivity contribution >= 4 is 17.1 Å². The van der Waals surface area contributed by atoms with Crippen molar-refractivity contribution in [2.45, 2.75) is 24.7 Å². The summed E-state index contributed by atoms with van der Waals surface area (Å²) in [5.74, 6) is 0. The van der Waals surface area contributed by atoms with Crippen molar-refractivity contribution in [3.05, 3.63) is 294 Å². The quantitative estimate of drug-likeness (QED) is 0.154. The first kappa shape index (κ1) is 41.2. The lowest BCUT2D eigenvalue weighted by molar-refractivity contribution is 0.660. The van der Waals surface area contributed by atoms with Crippen LogP contribution in [0, 0.1) is 0 Å². The van der Waals surface area contributed by atoms with Gasteiger partial charge in [0.15, 0.2) is 0 Å². The fourth-order valence-electron chi connectivity index (χ4n) is 12.6. The van der Waals surface area contributed by atoms with Crippen LogP contribution in [0.4, 0.5) is 17.1 Å². The maximum Gasteiger partial charge on any atom is 0.0725 e. The van der Waals surface area contributed by atoms with Crippen LogP contribution in [0.1, 0.15) is 47.2 Å². The highest BCUT2D eigenvalue weighted by Crippen LogP contribution is 2.64. The molecule has 0 aliphatic heterocycles. The van der Waals surface area contributed by atoms with E-state index >= 15 is 0 Å². The Kier molecular flexibility index (Phi) is 9.22. The molecule has 0 radical (unpaired) electrons. The van der Waals surface area contributed by atoms with Crippen molar-refractivity contribution in [3.8, 4) is 77.9 Å². The van der Waals surface area contributed by atoms with E-state index in [0.29, 0.717) is 0 Å². The Morgan fingerprint density at radius 2 is 0.648 bits per heavy atom. The molecule has 71 heavy (non-hydrogen) atoms. The summed E-state index contributed by atoms with van der Waals surface area (Å²) >= 11 is 0. The summed E-state index contributed by atoms with van der Waals surface area (Å²) in [7, 11) is 0. The lowest BCUT2D eigenvalue weighted by Gasteiger charge is -2.31. The van der Waals surface area contributed by atoms with Gasteiger partial charge in [-0.05, 0) is 160 Å². The minimum absolute atomic E-state index is 0.0761. The molecule has 14 rings (SSSR count). The molecular formula is C70H49N. The first-order valence-corrected chi connectivity index (χ1v) is 24.9. The Morgan fingerprint density at radius 1 is 0.239 bits per heavy atom. The summed E-state index contributed by atoms with van der Waals surface area (Å²) in [5.41, 5.74) is 28.6. The second kappa shape index (κ2) is 15.9. The van der Waals surface area contributed by atoms with Crippen LogP contribution in [0.15, 0.2) is 261 Å². The Balaban J connectivity index is 0.894. The normalized spacial score (nSPS) is 15.1. The molecule has 1 atom stereocenters. The number of hydrogen-bond acceptors (Lipinski definition) is 1. The van der Waals surface area contributed by atoms with E-state index < -0.39 is 5.41 Å². The molecule has 11 aromatic carbocycles. The van der Waals surface area contributed by atoms with Crippen LogP contribution >= 0.6 is 0 Å². The van der Waals surface area contributed by atoms with E-state index in [0.717, 1.165) is 17.1 Å². The summed E-state index contributed by atoms with van der Waals surface area (Å²) < 4.78 is 0. The van der Waals surface area contributed by atoms with Gasteiger partial charge in [-0.25, -0.2) is 0 Å². The highest BCUT2D eigenvalue weighted by Gasteiger charge is 2.52. The van der Waals surface area contributed by atoms with Gasteiger partial charge in [0.2, 0.25) is 0 Å². The summed E-state index contributed by atoms with van der Waals surface area (Å²) in [6.45, 7) is 4.72. The van der Waals surface area contributed by atoms with Crippen molar-refractivity contribution in [2.24, 2.45) is 0 Å². The molecule has 0 aromatic heterocycles. The third-order valence-electron chi connectivity index (χ3n) is 15.9. The molecule has 0 amide bonds. The second-order valence-corrected chi connectivity index (χ2v) is 20.0. The minimum Gasteiger partial charge on any atom is -0.310 e. The van der Waals surface area contributed by atoms with Gasteiger partial charge in [-0.2, -0.15) is 0 Å². The summed E-state index contributed by atoms with van der Waals surface area (Å²) in [4.78, 5) is 2.41. The molecule has 334 valence electrons. The van der Waals surface area contributed by atoms with Gasteiger partial charge in [-0.15, -0.1) is 0 Å². The van der Waals surface area contributed by atoms with Gasteiger partial charge in [-0.3, -0.25) is 0 Å². The molecule has 3 aliphatic rings. The van der Waals surface area contributed by atoms with E-state index in [-0.39, 0.29) is 5.41 Å². The highest BCUT2D eigenvalue weighted by molar-refractivity contribution is 6.01. The molecule has 3 aliphatic carbocycles. The largest absolute Gasteiger partial charge is 0.310 e. The van der Waals surface area contributed by atoms with Crippen molar-refractivity contribution in [1.29, 1.82) is 0 Å². The van der Waals surface area contributed by atoms with E-state index in [1.807, 2.05) is 0 Å². The number of nitrogens with zero attached hydrogens (tertiary/aromatic N) is 1. The predicted molar refractivity (Wildman–Crippen MR) is 297 cm³/mol. The molecule has 0 heterocycles. The summed E-state index contributed by atoms with van der Waals surface area (Å²) in [6.07, 6.45) is 0. The zero-order valence-electron chi connectivity index (χ0n) is 39.8. The lowest BCUT2D eigenvalue weighted by atomic mass is 9.70. The van der Waals surface area contributed by atoms with Crippen LogP contribution in [0.2, 0.25) is 0 Å². The van der Waals surface area contributed by atoms with Crippen LogP contribution < -0.4 is 4.90 Å². The van der Waals surface area contributed by atoms with Gasteiger partial charge < -0.3 is 4.90 Å². The molecule has 0 saturated heterocycles. The Labute approximate surface area is 416 Å². The Hall–Kier alpha value is -8.78. The van der Waals surface area contributed by atoms with Gasteiger partial charge >= 0.3 is 0 Å². The minimum atomic E-state index is -0.453. The smallest absolute Gasteiger partial charge is 0.0725 e. The Morgan fingerprint density at radius 3 is 1.32 bits per heavy atom. The average Bonchev–Trinajstić information content (AvgIpc) is 4.00. The van der Waals surface area contributed by atoms with Crippen LogP contribution in [-0.2, 0) is 10.8 Å². The van der Waals surface area contributed by atoms with E-state index in [9.17, 15) is 0 Å². The van der Waals surface area contributed by atoms with Gasteiger partial charge in [0, 0.05) is 22.5 Å². The van der Waals surface area contributed by atoms with E-state index in [1.54, 1.807) is 0 Å². The molecule has 1 nitrogen and oxygen atoms in total. The Bertz CT molecular complexity index is 3880. The van der Waals surface area contributed by atoms with Gasteiger partial charge in [0.1, 0.15) is 0 Å². The van der Waals surface area contributed by atoms with E-state index in [2.05, 4.69) is 280 Å². The lowest BCUT2D eigenvalue weighted by Crippen LogP contribution is -2.25. The average molecular weight is 904 g/mol. The zero-order chi connectivity index (χ0) is 47.3. The van der Waals surface area contributed by atoms with E-state index in [1.165, 1.54) is 111 Å². The number of rotatable bonds is 7. The third-order valence-corrected chi connectivity index (χ3v) is 15.9. The van der Waals surface area contributed by atoms with Crippen molar-refractivity contribution < 1.29 is 0 Å². The van der Waals surface area contributed by atoms with Crippen molar-refractivity contribution in [2.75, 3.05) is 4.90 Å². The summed E-state index contributed by atoms with van der Waals surface area (Å²) in [6, 6.07) is 97.1. The SMILES string of the molecule is CC1(C)c2ccccc2-c2ccc(-c3cccc(N(c4ccc(-c5ccccc5)cc4)c4ccc(-c5cccc6c5-c5ccccc5C65c6ccccc6-c6ccc(-c7ccccc7)cc65)cc4)c3)cc21. The van der Waals surface area contributed by atoms with Gasteiger partial charge in [0.25, 0.3) is 0 Å². The molecule has 1 heteroatoms. The number of benzene rings is 11. The van der Waals surface area contributed by atoms with Crippen LogP contribution in [0.5, 0.6) is 0 Å². The molecule has 0 bridgehead atoms. The van der Waals surface area contributed by atoms with Crippen molar-refractivity contribution in [1.82, 2.24) is 0 Å². The zero-order valence-corrected chi connectivity index (χ0v) is 39.8. The van der Waals surface area contributed by atoms with Crippen LogP contribution in [-0.4, -0.2) is 0 Å². The first-order chi connectivity index (χ1) is 35.0. The highest BCUT2D eigenvalue weighted by atomic mass is 15.1.